The van der Waals surface area contributed by atoms with E-state index in [1.165, 1.54) is 0 Å². The molecule has 0 aliphatic rings. The van der Waals surface area contributed by atoms with Crippen molar-refractivity contribution in [1.29, 1.82) is 0 Å². The lowest BCUT2D eigenvalue weighted by atomic mass is 10.0. The predicted octanol–water partition coefficient (Wildman–Crippen LogP) is 1.16. The van der Waals surface area contributed by atoms with E-state index in [4.69, 9.17) is 4.74 Å². The quantitative estimate of drug-likeness (QED) is 0.682. The van der Waals surface area contributed by atoms with E-state index < -0.39 is 5.60 Å². The van der Waals surface area contributed by atoms with Gasteiger partial charge < -0.3 is 15.2 Å². The van der Waals surface area contributed by atoms with Gasteiger partial charge in [0.25, 0.3) is 0 Å². The minimum Gasteiger partial charge on any atom is -0.386 e. The third kappa shape index (κ3) is 8.22. The van der Waals surface area contributed by atoms with Crippen LogP contribution in [0.25, 0.3) is 0 Å². The Kier molecular flexibility index (Phi) is 4.89. The van der Waals surface area contributed by atoms with Crippen LogP contribution in [0, 0.1) is 0 Å². The molecule has 0 saturated carbocycles. The lowest BCUT2D eigenvalue weighted by molar-refractivity contribution is -0.0319. The van der Waals surface area contributed by atoms with Gasteiger partial charge in [-0.05, 0) is 34.6 Å². The van der Waals surface area contributed by atoms with E-state index >= 15 is 0 Å². The molecule has 0 radical (unpaired) electrons. The number of β-amino-alcohol motifs (C(OH)–C–C–N with tert-alkyl or cyclic N) is 1. The SMILES string of the molecule is CCOCC(C)(O)CNC(C)(C)C. The zero-order valence-corrected chi connectivity index (χ0v) is 9.48. The van der Waals surface area contributed by atoms with Crippen LogP contribution < -0.4 is 5.32 Å². The van der Waals surface area contributed by atoms with Gasteiger partial charge in [0.1, 0.15) is 0 Å². The maximum atomic E-state index is 9.82. The number of aliphatic hydroxyl groups is 1. The van der Waals surface area contributed by atoms with Crippen molar-refractivity contribution in [3.05, 3.63) is 0 Å². The van der Waals surface area contributed by atoms with Crippen LogP contribution in [0.2, 0.25) is 0 Å². The Morgan fingerprint density at radius 3 is 2.15 bits per heavy atom. The standard InChI is InChI=1S/C10H23NO2/c1-6-13-8-10(5,12)7-11-9(2,3)4/h11-12H,6-8H2,1-5H3. The van der Waals surface area contributed by atoms with Crippen molar-refractivity contribution in [2.45, 2.75) is 45.8 Å². The van der Waals surface area contributed by atoms with Crippen LogP contribution in [0.15, 0.2) is 0 Å². The average molecular weight is 189 g/mol. The summed E-state index contributed by atoms with van der Waals surface area (Å²) in [7, 11) is 0. The molecule has 0 bridgehead atoms. The molecule has 1 atom stereocenters. The molecule has 0 aromatic carbocycles. The molecule has 3 nitrogen and oxygen atoms in total. The summed E-state index contributed by atoms with van der Waals surface area (Å²) in [6.07, 6.45) is 0. The van der Waals surface area contributed by atoms with Gasteiger partial charge in [0.15, 0.2) is 0 Å². The van der Waals surface area contributed by atoms with Gasteiger partial charge in [-0.15, -0.1) is 0 Å². The van der Waals surface area contributed by atoms with E-state index in [0.29, 0.717) is 19.8 Å². The van der Waals surface area contributed by atoms with Crippen molar-refractivity contribution in [2.24, 2.45) is 0 Å². The van der Waals surface area contributed by atoms with E-state index in [1.54, 1.807) is 6.92 Å². The van der Waals surface area contributed by atoms with Gasteiger partial charge in [-0.1, -0.05) is 0 Å². The number of hydrogen-bond donors (Lipinski definition) is 2. The van der Waals surface area contributed by atoms with E-state index in [1.807, 2.05) is 6.92 Å². The summed E-state index contributed by atoms with van der Waals surface area (Å²) in [6, 6.07) is 0. The van der Waals surface area contributed by atoms with Crippen LogP contribution in [-0.2, 0) is 4.74 Å². The minimum absolute atomic E-state index is 0.0379. The fraction of sp³-hybridized carbons (Fsp3) is 1.00. The van der Waals surface area contributed by atoms with Crippen LogP contribution in [0.5, 0.6) is 0 Å². The van der Waals surface area contributed by atoms with Gasteiger partial charge in [0.2, 0.25) is 0 Å². The molecular weight excluding hydrogens is 166 g/mol. The largest absolute Gasteiger partial charge is 0.386 e. The molecule has 2 N–H and O–H groups in total. The minimum atomic E-state index is -0.775. The Bertz CT molecular complexity index is 138. The summed E-state index contributed by atoms with van der Waals surface area (Å²) in [5.74, 6) is 0. The molecule has 0 spiro atoms. The lowest BCUT2D eigenvalue weighted by Crippen LogP contribution is -2.48. The highest BCUT2D eigenvalue weighted by Gasteiger charge is 2.22. The Morgan fingerprint density at radius 1 is 1.23 bits per heavy atom. The van der Waals surface area contributed by atoms with Crippen molar-refractivity contribution < 1.29 is 9.84 Å². The third-order valence-electron chi connectivity index (χ3n) is 1.62. The van der Waals surface area contributed by atoms with E-state index in [9.17, 15) is 5.11 Å². The van der Waals surface area contributed by atoms with Crippen LogP contribution in [-0.4, -0.2) is 36.0 Å². The first kappa shape index (κ1) is 12.9. The van der Waals surface area contributed by atoms with Crippen LogP contribution >= 0.6 is 0 Å². The smallest absolute Gasteiger partial charge is 0.0975 e. The van der Waals surface area contributed by atoms with Gasteiger partial charge in [0.05, 0.1) is 12.2 Å². The summed E-state index contributed by atoms with van der Waals surface area (Å²) in [4.78, 5) is 0. The number of hydrogen-bond acceptors (Lipinski definition) is 3. The van der Waals surface area contributed by atoms with Gasteiger partial charge in [-0.25, -0.2) is 0 Å². The van der Waals surface area contributed by atoms with Crippen molar-refractivity contribution >= 4 is 0 Å². The summed E-state index contributed by atoms with van der Waals surface area (Å²) in [5, 5.41) is 13.1. The highest BCUT2D eigenvalue weighted by atomic mass is 16.5. The topological polar surface area (TPSA) is 41.5 Å². The summed E-state index contributed by atoms with van der Waals surface area (Å²) < 4.78 is 5.17. The van der Waals surface area contributed by atoms with Crippen molar-refractivity contribution in [3.8, 4) is 0 Å². The zero-order chi connectivity index (χ0) is 10.5. The second-order valence-electron chi connectivity index (χ2n) is 4.74. The van der Waals surface area contributed by atoms with Crippen LogP contribution in [0.3, 0.4) is 0 Å². The van der Waals surface area contributed by atoms with Crippen molar-refractivity contribution in [1.82, 2.24) is 5.32 Å². The lowest BCUT2D eigenvalue weighted by Gasteiger charge is -2.29. The molecule has 0 aliphatic heterocycles. The molecule has 0 aromatic heterocycles. The molecule has 0 aromatic rings. The molecular formula is C10H23NO2. The number of nitrogens with one attached hydrogen (secondary N) is 1. The Balaban J connectivity index is 3.75. The summed E-state index contributed by atoms with van der Waals surface area (Å²) >= 11 is 0. The van der Waals surface area contributed by atoms with E-state index in [0.717, 1.165) is 0 Å². The Morgan fingerprint density at radius 2 is 1.77 bits per heavy atom. The van der Waals surface area contributed by atoms with E-state index in [2.05, 4.69) is 26.1 Å². The molecule has 80 valence electrons. The fourth-order valence-electron chi connectivity index (χ4n) is 0.829. The molecule has 3 heteroatoms. The zero-order valence-electron chi connectivity index (χ0n) is 9.48. The molecule has 0 saturated heterocycles. The van der Waals surface area contributed by atoms with Gasteiger partial charge in [0, 0.05) is 18.7 Å². The molecule has 0 amide bonds. The Labute approximate surface area is 81.5 Å². The molecule has 0 heterocycles. The van der Waals surface area contributed by atoms with Crippen molar-refractivity contribution in [2.75, 3.05) is 19.8 Å². The molecule has 0 fully saturated rings. The molecule has 0 rings (SSSR count). The number of ether oxygens (including phenoxy) is 1. The van der Waals surface area contributed by atoms with Gasteiger partial charge in [-0.2, -0.15) is 0 Å². The normalized spacial score (nSPS) is 17.1. The van der Waals surface area contributed by atoms with Gasteiger partial charge in [-0.3, -0.25) is 0 Å². The second kappa shape index (κ2) is 4.94. The average Bonchev–Trinajstić information content (AvgIpc) is 1.97. The first-order chi connectivity index (χ1) is 5.77. The number of rotatable bonds is 5. The van der Waals surface area contributed by atoms with Crippen LogP contribution in [0.4, 0.5) is 0 Å². The van der Waals surface area contributed by atoms with E-state index in [-0.39, 0.29) is 5.54 Å². The highest BCUT2D eigenvalue weighted by Crippen LogP contribution is 2.06. The third-order valence-corrected chi connectivity index (χ3v) is 1.62. The predicted molar refractivity (Wildman–Crippen MR) is 54.9 cm³/mol. The summed E-state index contributed by atoms with van der Waals surface area (Å²) in [6.45, 7) is 11.5. The highest BCUT2D eigenvalue weighted by molar-refractivity contribution is 4.80. The van der Waals surface area contributed by atoms with Crippen LogP contribution in [0.1, 0.15) is 34.6 Å². The molecule has 13 heavy (non-hydrogen) atoms. The molecule has 0 aliphatic carbocycles. The van der Waals surface area contributed by atoms with Crippen molar-refractivity contribution in [3.63, 3.8) is 0 Å². The summed E-state index contributed by atoms with van der Waals surface area (Å²) in [5.41, 5.74) is -0.737. The first-order valence-electron chi connectivity index (χ1n) is 4.82. The maximum absolute atomic E-state index is 9.82. The fourth-order valence-corrected chi connectivity index (χ4v) is 0.829. The van der Waals surface area contributed by atoms with Gasteiger partial charge >= 0.3 is 0 Å². The maximum Gasteiger partial charge on any atom is 0.0975 e. The molecule has 1 unspecified atom stereocenters. The second-order valence-corrected chi connectivity index (χ2v) is 4.74. The first-order valence-corrected chi connectivity index (χ1v) is 4.82. The Hall–Kier alpha value is -0.120. The monoisotopic (exact) mass is 189 g/mol.